The summed E-state index contributed by atoms with van der Waals surface area (Å²) >= 11 is 4.69. The number of halogens is 1. The third kappa shape index (κ3) is 6.83. The van der Waals surface area contributed by atoms with E-state index in [4.69, 9.17) is 4.74 Å². The van der Waals surface area contributed by atoms with Crippen molar-refractivity contribution in [1.29, 1.82) is 0 Å². The van der Waals surface area contributed by atoms with Crippen LogP contribution in [0, 0.1) is 0 Å². The normalized spacial score (nSPS) is 10.6. The third-order valence-electron chi connectivity index (χ3n) is 4.52. The summed E-state index contributed by atoms with van der Waals surface area (Å²) in [6, 6.07) is 14.8. The van der Waals surface area contributed by atoms with E-state index in [2.05, 4.69) is 36.8 Å². The highest BCUT2D eigenvalue weighted by atomic mass is 79.9. The van der Waals surface area contributed by atoms with Gasteiger partial charge in [-0.2, -0.15) is 0 Å². The molecule has 0 saturated heterocycles. The standard InChI is InChI=1S/C22H24BrN5O3S/c1-3-28-19(13-24-20(29)11-15-7-9-18(31-2)10-8-15)26-27-22(28)32-14-21(30)25-17-6-4-5-16(23)12-17/h4-10,12H,3,11,13-14H2,1-2H3,(H,24,29)(H,25,30). The Morgan fingerprint density at radius 3 is 2.59 bits per heavy atom. The van der Waals surface area contributed by atoms with Crippen LogP contribution < -0.4 is 15.4 Å². The molecule has 0 unspecified atom stereocenters. The molecule has 3 rings (SSSR count). The molecule has 0 fully saturated rings. The maximum atomic E-state index is 12.3. The van der Waals surface area contributed by atoms with Gasteiger partial charge in [0, 0.05) is 16.7 Å². The van der Waals surface area contributed by atoms with Crippen LogP contribution in [0.4, 0.5) is 5.69 Å². The minimum absolute atomic E-state index is 0.108. The minimum Gasteiger partial charge on any atom is -0.497 e. The van der Waals surface area contributed by atoms with E-state index < -0.39 is 0 Å². The fraction of sp³-hybridized carbons (Fsp3) is 0.273. The summed E-state index contributed by atoms with van der Waals surface area (Å²) in [4.78, 5) is 24.6. The Labute approximate surface area is 199 Å². The molecule has 168 valence electrons. The Morgan fingerprint density at radius 1 is 1.12 bits per heavy atom. The molecule has 0 aliphatic carbocycles. The van der Waals surface area contributed by atoms with Gasteiger partial charge < -0.3 is 19.9 Å². The fourth-order valence-corrected chi connectivity index (χ4v) is 4.16. The highest BCUT2D eigenvalue weighted by Gasteiger charge is 2.14. The molecule has 0 atom stereocenters. The van der Waals surface area contributed by atoms with Gasteiger partial charge in [0.2, 0.25) is 11.8 Å². The second-order valence-electron chi connectivity index (χ2n) is 6.79. The Morgan fingerprint density at radius 2 is 1.91 bits per heavy atom. The summed E-state index contributed by atoms with van der Waals surface area (Å²) in [5.41, 5.74) is 1.62. The second-order valence-corrected chi connectivity index (χ2v) is 8.65. The summed E-state index contributed by atoms with van der Waals surface area (Å²) in [7, 11) is 1.60. The SMILES string of the molecule is CCn1c(CNC(=O)Cc2ccc(OC)cc2)nnc1SCC(=O)Nc1cccc(Br)c1. The van der Waals surface area contributed by atoms with Crippen molar-refractivity contribution in [3.05, 3.63) is 64.4 Å². The van der Waals surface area contributed by atoms with Gasteiger partial charge in [-0.1, -0.05) is 45.9 Å². The number of aromatic nitrogens is 3. The van der Waals surface area contributed by atoms with E-state index in [1.54, 1.807) is 7.11 Å². The first-order valence-corrected chi connectivity index (χ1v) is 11.8. The Hall–Kier alpha value is -2.85. The first kappa shape index (κ1) is 23.8. The van der Waals surface area contributed by atoms with Gasteiger partial charge in [-0.15, -0.1) is 10.2 Å². The predicted molar refractivity (Wildman–Crippen MR) is 128 cm³/mol. The van der Waals surface area contributed by atoms with Crippen LogP contribution in [0.3, 0.4) is 0 Å². The van der Waals surface area contributed by atoms with Crippen LogP contribution in [0.25, 0.3) is 0 Å². The average molecular weight is 518 g/mol. The van der Waals surface area contributed by atoms with Crippen LogP contribution in [-0.4, -0.2) is 39.4 Å². The first-order valence-electron chi connectivity index (χ1n) is 9.98. The molecule has 1 heterocycles. The topological polar surface area (TPSA) is 98.1 Å². The molecule has 0 aliphatic rings. The highest BCUT2D eigenvalue weighted by Crippen LogP contribution is 2.19. The fourth-order valence-electron chi connectivity index (χ4n) is 2.94. The molecule has 10 heteroatoms. The van der Waals surface area contributed by atoms with Crippen molar-refractivity contribution < 1.29 is 14.3 Å². The number of nitrogens with one attached hydrogen (secondary N) is 2. The Kier molecular flexibility index (Phi) is 8.69. The molecule has 2 aromatic carbocycles. The number of thioether (sulfide) groups is 1. The van der Waals surface area contributed by atoms with Gasteiger partial charge >= 0.3 is 0 Å². The average Bonchev–Trinajstić information content (AvgIpc) is 3.18. The van der Waals surface area contributed by atoms with Crippen LogP contribution in [0.2, 0.25) is 0 Å². The number of rotatable bonds is 10. The van der Waals surface area contributed by atoms with Crippen molar-refractivity contribution >= 4 is 45.2 Å². The molecule has 0 spiro atoms. The summed E-state index contributed by atoms with van der Waals surface area (Å²) in [5.74, 6) is 1.36. The van der Waals surface area contributed by atoms with Crippen molar-refractivity contribution in [3.8, 4) is 5.75 Å². The van der Waals surface area contributed by atoms with E-state index in [-0.39, 0.29) is 30.5 Å². The Bertz CT molecular complexity index is 1070. The maximum Gasteiger partial charge on any atom is 0.234 e. The molecular weight excluding hydrogens is 494 g/mol. The van der Waals surface area contributed by atoms with Crippen LogP contribution in [0.5, 0.6) is 5.75 Å². The van der Waals surface area contributed by atoms with E-state index in [0.29, 0.717) is 17.5 Å². The van der Waals surface area contributed by atoms with E-state index in [1.165, 1.54) is 11.8 Å². The number of hydrogen-bond donors (Lipinski definition) is 2. The molecular formula is C22H24BrN5O3S. The number of carbonyl (C=O) groups is 2. The molecule has 0 radical (unpaired) electrons. The lowest BCUT2D eigenvalue weighted by atomic mass is 10.1. The monoisotopic (exact) mass is 517 g/mol. The van der Waals surface area contributed by atoms with Crippen LogP contribution in [0.1, 0.15) is 18.3 Å². The number of anilines is 1. The van der Waals surface area contributed by atoms with Gasteiger partial charge in [-0.05, 0) is 42.8 Å². The molecule has 0 aliphatic heterocycles. The molecule has 8 nitrogen and oxygen atoms in total. The van der Waals surface area contributed by atoms with Crippen molar-refractivity contribution in [3.63, 3.8) is 0 Å². The van der Waals surface area contributed by atoms with Gasteiger partial charge in [0.25, 0.3) is 0 Å². The predicted octanol–water partition coefficient (Wildman–Crippen LogP) is 3.66. The number of nitrogens with zero attached hydrogens (tertiary/aromatic N) is 3. The molecule has 0 saturated carbocycles. The summed E-state index contributed by atoms with van der Waals surface area (Å²) in [5, 5.41) is 14.7. The van der Waals surface area contributed by atoms with Crippen molar-refractivity contribution in [2.45, 2.75) is 31.6 Å². The summed E-state index contributed by atoms with van der Waals surface area (Å²) < 4.78 is 7.92. The molecule has 3 aromatic rings. The zero-order valence-electron chi connectivity index (χ0n) is 17.8. The number of amides is 2. The second kappa shape index (κ2) is 11.7. The van der Waals surface area contributed by atoms with Crippen molar-refractivity contribution in [1.82, 2.24) is 20.1 Å². The van der Waals surface area contributed by atoms with Crippen LogP contribution in [0.15, 0.2) is 58.2 Å². The molecule has 2 amide bonds. The number of ether oxygens (including phenoxy) is 1. The Balaban J connectivity index is 1.51. The maximum absolute atomic E-state index is 12.3. The van der Waals surface area contributed by atoms with Crippen LogP contribution in [-0.2, 0) is 29.1 Å². The zero-order chi connectivity index (χ0) is 22.9. The van der Waals surface area contributed by atoms with Crippen LogP contribution >= 0.6 is 27.7 Å². The van der Waals surface area contributed by atoms with Gasteiger partial charge in [0.1, 0.15) is 5.75 Å². The molecule has 2 N–H and O–H groups in total. The lowest BCUT2D eigenvalue weighted by molar-refractivity contribution is -0.120. The number of hydrogen-bond acceptors (Lipinski definition) is 6. The van der Waals surface area contributed by atoms with E-state index in [0.717, 1.165) is 21.5 Å². The summed E-state index contributed by atoms with van der Waals surface area (Å²) in [6.07, 6.45) is 0.266. The zero-order valence-corrected chi connectivity index (χ0v) is 20.2. The highest BCUT2D eigenvalue weighted by molar-refractivity contribution is 9.10. The smallest absolute Gasteiger partial charge is 0.234 e. The first-order chi connectivity index (χ1) is 15.5. The van der Waals surface area contributed by atoms with Crippen molar-refractivity contribution in [2.75, 3.05) is 18.2 Å². The lowest BCUT2D eigenvalue weighted by Crippen LogP contribution is -2.26. The summed E-state index contributed by atoms with van der Waals surface area (Å²) in [6.45, 7) is 2.87. The van der Waals surface area contributed by atoms with Gasteiger partial charge in [0.15, 0.2) is 11.0 Å². The largest absolute Gasteiger partial charge is 0.497 e. The molecule has 1 aromatic heterocycles. The number of carbonyl (C=O) groups excluding carboxylic acids is 2. The van der Waals surface area contributed by atoms with Crippen molar-refractivity contribution in [2.24, 2.45) is 0 Å². The molecule has 32 heavy (non-hydrogen) atoms. The van der Waals surface area contributed by atoms with Gasteiger partial charge in [-0.3, -0.25) is 9.59 Å². The quantitative estimate of drug-likeness (QED) is 0.398. The number of benzene rings is 2. The van der Waals surface area contributed by atoms with Gasteiger partial charge in [0.05, 0.1) is 25.8 Å². The lowest BCUT2D eigenvalue weighted by Gasteiger charge is -2.09. The van der Waals surface area contributed by atoms with E-state index >= 15 is 0 Å². The third-order valence-corrected chi connectivity index (χ3v) is 5.98. The van der Waals surface area contributed by atoms with Gasteiger partial charge in [-0.25, -0.2) is 0 Å². The molecule has 0 bridgehead atoms. The number of methoxy groups -OCH3 is 1. The van der Waals surface area contributed by atoms with E-state index in [9.17, 15) is 9.59 Å². The minimum atomic E-state index is -0.131. The van der Waals surface area contributed by atoms with E-state index in [1.807, 2.05) is 60.0 Å².